The van der Waals surface area contributed by atoms with Crippen molar-refractivity contribution in [2.45, 2.75) is 40.2 Å². The molecule has 1 heterocycles. The highest BCUT2D eigenvalue weighted by Gasteiger charge is 2.12. The van der Waals surface area contributed by atoms with Crippen LogP contribution in [-0.4, -0.2) is 34.0 Å². The number of urea groups is 1. The largest absolute Gasteiger partial charge is 0.387 e. The second-order valence-corrected chi connectivity index (χ2v) is 6.60. The fourth-order valence-corrected chi connectivity index (χ4v) is 3.05. The Morgan fingerprint density at radius 1 is 1.16 bits per heavy atom. The van der Waals surface area contributed by atoms with Crippen molar-refractivity contribution < 1.29 is 9.90 Å². The highest BCUT2D eigenvalue weighted by molar-refractivity contribution is 5.73. The summed E-state index contributed by atoms with van der Waals surface area (Å²) >= 11 is 0. The van der Waals surface area contributed by atoms with Gasteiger partial charge in [-0.2, -0.15) is 5.10 Å². The molecule has 6 heteroatoms. The van der Waals surface area contributed by atoms with Gasteiger partial charge in [-0.25, -0.2) is 4.79 Å². The number of hydrogen-bond donors (Lipinski definition) is 3. The van der Waals surface area contributed by atoms with E-state index in [0.717, 1.165) is 40.1 Å². The van der Waals surface area contributed by atoms with E-state index in [-0.39, 0.29) is 12.6 Å². The van der Waals surface area contributed by atoms with Crippen molar-refractivity contribution in [3.05, 3.63) is 51.8 Å². The van der Waals surface area contributed by atoms with Gasteiger partial charge in [0.05, 0.1) is 11.8 Å². The van der Waals surface area contributed by atoms with Gasteiger partial charge in [0.2, 0.25) is 0 Å². The molecule has 0 bridgehead atoms. The van der Waals surface area contributed by atoms with E-state index in [1.807, 2.05) is 51.6 Å². The van der Waals surface area contributed by atoms with Crippen LogP contribution < -0.4 is 10.6 Å². The van der Waals surface area contributed by atoms with E-state index in [4.69, 9.17) is 0 Å². The normalized spacial score (nSPS) is 12.1. The van der Waals surface area contributed by atoms with E-state index >= 15 is 0 Å². The summed E-state index contributed by atoms with van der Waals surface area (Å²) in [4.78, 5) is 11.9. The second kappa shape index (κ2) is 8.16. The van der Waals surface area contributed by atoms with Crippen LogP contribution in [0.3, 0.4) is 0 Å². The lowest BCUT2D eigenvalue weighted by Crippen LogP contribution is -2.38. The molecule has 2 aromatic rings. The molecular formula is C19H28N4O2. The van der Waals surface area contributed by atoms with E-state index in [2.05, 4.69) is 21.8 Å². The van der Waals surface area contributed by atoms with Crippen LogP contribution in [-0.2, 0) is 13.5 Å². The van der Waals surface area contributed by atoms with Crippen molar-refractivity contribution in [3.8, 4) is 0 Å². The predicted octanol–water partition coefficient (Wildman–Crippen LogP) is 2.23. The molecule has 1 aromatic carbocycles. The number of carbonyl (C=O) groups is 1. The first-order valence-corrected chi connectivity index (χ1v) is 8.55. The summed E-state index contributed by atoms with van der Waals surface area (Å²) in [5.74, 6) is 0. The molecule has 0 aliphatic rings. The zero-order chi connectivity index (χ0) is 18.6. The smallest absolute Gasteiger partial charge is 0.314 e. The molecule has 0 aliphatic heterocycles. The minimum absolute atomic E-state index is 0.180. The van der Waals surface area contributed by atoms with Crippen LogP contribution in [0.5, 0.6) is 0 Å². The molecule has 0 radical (unpaired) electrons. The van der Waals surface area contributed by atoms with E-state index < -0.39 is 6.10 Å². The Balaban J connectivity index is 1.78. The molecule has 2 amide bonds. The van der Waals surface area contributed by atoms with E-state index in [1.165, 1.54) is 0 Å². The monoisotopic (exact) mass is 344 g/mol. The minimum atomic E-state index is -0.716. The Hall–Kier alpha value is -2.34. The molecule has 0 spiro atoms. The second-order valence-electron chi connectivity index (χ2n) is 6.60. The van der Waals surface area contributed by atoms with Gasteiger partial charge < -0.3 is 15.7 Å². The molecule has 6 nitrogen and oxygen atoms in total. The van der Waals surface area contributed by atoms with Gasteiger partial charge in [0.15, 0.2) is 0 Å². The van der Waals surface area contributed by atoms with Gasteiger partial charge in [0.1, 0.15) is 0 Å². The average Bonchev–Trinajstić information content (AvgIpc) is 2.77. The van der Waals surface area contributed by atoms with Crippen LogP contribution >= 0.6 is 0 Å². The van der Waals surface area contributed by atoms with Gasteiger partial charge in [-0.3, -0.25) is 4.68 Å². The number of aliphatic hydroxyl groups is 1. The number of nitrogens with zero attached hydrogens (tertiary/aromatic N) is 2. The highest BCUT2D eigenvalue weighted by Crippen LogP contribution is 2.16. The number of aryl methyl sites for hydroxylation is 4. The number of aliphatic hydroxyl groups excluding tert-OH is 1. The lowest BCUT2D eigenvalue weighted by molar-refractivity contribution is 0.173. The average molecular weight is 344 g/mol. The topological polar surface area (TPSA) is 79.2 Å². The fraction of sp³-hybridized carbons (Fsp3) is 0.474. The summed E-state index contributed by atoms with van der Waals surface area (Å²) in [6.07, 6.45) is 0.0191. The Labute approximate surface area is 149 Å². The zero-order valence-corrected chi connectivity index (χ0v) is 15.7. The van der Waals surface area contributed by atoms with Gasteiger partial charge in [-0.05, 0) is 45.2 Å². The molecule has 25 heavy (non-hydrogen) atoms. The van der Waals surface area contributed by atoms with Gasteiger partial charge in [-0.1, -0.05) is 29.3 Å². The van der Waals surface area contributed by atoms with Gasteiger partial charge in [0, 0.05) is 25.8 Å². The number of carbonyl (C=O) groups excluding carboxylic acids is 1. The van der Waals surface area contributed by atoms with Gasteiger partial charge in [-0.15, -0.1) is 0 Å². The quantitative estimate of drug-likeness (QED) is 0.752. The first-order valence-electron chi connectivity index (χ1n) is 8.55. The number of amides is 2. The standard InChI is InChI=1S/C19H28N4O2/c1-12-8-13(2)10-16(9-12)18(24)11-21-19(25)20-7-6-17-14(3)22-23(5)15(17)4/h8-10,18,24H,6-7,11H2,1-5H3,(H2,20,21,25)/t18-/m1/s1. The van der Waals surface area contributed by atoms with Crippen molar-refractivity contribution in [1.29, 1.82) is 0 Å². The predicted molar refractivity (Wildman–Crippen MR) is 98.7 cm³/mol. The van der Waals surface area contributed by atoms with Crippen molar-refractivity contribution in [1.82, 2.24) is 20.4 Å². The van der Waals surface area contributed by atoms with Crippen LogP contribution in [0.25, 0.3) is 0 Å². The summed E-state index contributed by atoms with van der Waals surface area (Å²) in [5, 5.41) is 20.2. The Morgan fingerprint density at radius 3 is 2.36 bits per heavy atom. The Kier molecular flexibility index (Phi) is 6.20. The number of aromatic nitrogens is 2. The van der Waals surface area contributed by atoms with Crippen molar-refractivity contribution in [2.24, 2.45) is 7.05 Å². The van der Waals surface area contributed by atoms with Crippen molar-refractivity contribution in [3.63, 3.8) is 0 Å². The summed E-state index contributed by atoms with van der Waals surface area (Å²) in [6.45, 7) is 8.69. The van der Waals surface area contributed by atoms with E-state index in [9.17, 15) is 9.90 Å². The van der Waals surface area contributed by atoms with Crippen LogP contribution in [0.1, 0.15) is 39.7 Å². The third-order valence-corrected chi connectivity index (χ3v) is 4.40. The minimum Gasteiger partial charge on any atom is -0.387 e. The molecule has 0 aliphatic carbocycles. The molecule has 0 saturated carbocycles. The maximum Gasteiger partial charge on any atom is 0.314 e. The lowest BCUT2D eigenvalue weighted by atomic mass is 10.0. The van der Waals surface area contributed by atoms with Crippen LogP contribution in [0, 0.1) is 27.7 Å². The third-order valence-electron chi connectivity index (χ3n) is 4.40. The maximum atomic E-state index is 11.9. The number of rotatable bonds is 6. The molecule has 0 unspecified atom stereocenters. The summed E-state index contributed by atoms with van der Waals surface area (Å²) in [6, 6.07) is 5.65. The first kappa shape index (κ1) is 19.0. The fourth-order valence-electron chi connectivity index (χ4n) is 3.05. The summed E-state index contributed by atoms with van der Waals surface area (Å²) < 4.78 is 1.85. The number of nitrogens with one attached hydrogen (secondary N) is 2. The Bertz CT molecular complexity index is 732. The number of hydrogen-bond acceptors (Lipinski definition) is 3. The molecule has 1 aromatic heterocycles. The lowest BCUT2D eigenvalue weighted by Gasteiger charge is -2.14. The summed E-state index contributed by atoms with van der Waals surface area (Å²) in [5.41, 5.74) is 6.29. The van der Waals surface area contributed by atoms with Crippen molar-refractivity contribution in [2.75, 3.05) is 13.1 Å². The van der Waals surface area contributed by atoms with E-state index in [0.29, 0.717) is 6.54 Å². The van der Waals surface area contributed by atoms with Gasteiger partial charge >= 0.3 is 6.03 Å². The van der Waals surface area contributed by atoms with Crippen LogP contribution in [0.4, 0.5) is 4.79 Å². The molecule has 2 rings (SSSR count). The molecule has 0 fully saturated rings. The molecule has 136 valence electrons. The first-order chi connectivity index (χ1) is 11.8. The van der Waals surface area contributed by atoms with Crippen LogP contribution in [0.2, 0.25) is 0 Å². The number of benzene rings is 1. The third kappa shape index (κ3) is 5.06. The molecular weight excluding hydrogens is 316 g/mol. The highest BCUT2D eigenvalue weighted by atomic mass is 16.3. The molecule has 3 N–H and O–H groups in total. The van der Waals surface area contributed by atoms with Crippen LogP contribution in [0.15, 0.2) is 18.2 Å². The summed E-state index contributed by atoms with van der Waals surface area (Å²) in [7, 11) is 1.92. The zero-order valence-electron chi connectivity index (χ0n) is 15.7. The van der Waals surface area contributed by atoms with Gasteiger partial charge in [0.25, 0.3) is 0 Å². The molecule has 0 saturated heterocycles. The maximum absolute atomic E-state index is 11.9. The SMILES string of the molecule is Cc1cc(C)cc([C@H](O)CNC(=O)NCCc2c(C)nn(C)c2C)c1. The van der Waals surface area contributed by atoms with E-state index in [1.54, 1.807) is 0 Å². The Morgan fingerprint density at radius 2 is 1.80 bits per heavy atom. The van der Waals surface area contributed by atoms with Crippen molar-refractivity contribution >= 4 is 6.03 Å². The molecule has 1 atom stereocenters.